The second-order valence-corrected chi connectivity index (χ2v) is 8.46. The fraction of sp³-hybridized carbons (Fsp3) is 0.312. The first kappa shape index (κ1) is 18.7. The first-order valence-corrected chi connectivity index (χ1v) is 9.66. The van der Waals surface area contributed by atoms with Crippen molar-refractivity contribution in [3.05, 3.63) is 46.2 Å². The number of halogens is 1. The molecule has 0 aliphatic carbocycles. The molecule has 0 aliphatic heterocycles. The van der Waals surface area contributed by atoms with E-state index in [4.69, 9.17) is 0 Å². The van der Waals surface area contributed by atoms with Crippen LogP contribution in [0.5, 0.6) is 0 Å². The predicted molar refractivity (Wildman–Crippen MR) is 97.9 cm³/mol. The molecule has 0 aliphatic rings. The molecule has 130 valence electrons. The third-order valence-corrected chi connectivity index (χ3v) is 5.60. The standard InChI is InChI=1S/C16H20BrN3O3S/c1-10(2)20-9-12(17)7-14(20)16(21)19-13-6-5-11(3)15(8-13)24(22,23)18-4/h5-10,18H,1-4H3,(H,19,21). The number of nitrogens with zero attached hydrogens (tertiary/aromatic N) is 1. The van der Waals surface area contributed by atoms with Crippen LogP contribution in [0.1, 0.15) is 35.9 Å². The van der Waals surface area contributed by atoms with Crippen molar-refractivity contribution in [3.8, 4) is 0 Å². The summed E-state index contributed by atoms with van der Waals surface area (Å²) in [5.41, 5.74) is 1.53. The van der Waals surface area contributed by atoms with Crippen LogP contribution in [0.25, 0.3) is 0 Å². The van der Waals surface area contributed by atoms with E-state index >= 15 is 0 Å². The summed E-state index contributed by atoms with van der Waals surface area (Å²) < 4.78 is 29.0. The van der Waals surface area contributed by atoms with E-state index in [0.717, 1.165) is 4.47 Å². The number of sulfonamides is 1. The molecular formula is C16H20BrN3O3S. The third kappa shape index (κ3) is 3.88. The SMILES string of the molecule is CNS(=O)(=O)c1cc(NC(=O)c2cc(Br)cn2C(C)C)ccc1C. The van der Waals surface area contributed by atoms with Crippen LogP contribution in [0.15, 0.2) is 39.8 Å². The number of rotatable bonds is 5. The van der Waals surface area contributed by atoms with Gasteiger partial charge in [-0.3, -0.25) is 4.79 Å². The predicted octanol–water partition coefficient (Wildman–Crippen LogP) is 3.30. The van der Waals surface area contributed by atoms with Crippen molar-refractivity contribution in [1.82, 2.24) is 9.29 Å². The fourth-order valence-electron chi connectivity index (χ4n) is 2.33. The van der Waals surface area contributed by atoms with Crippen molar-refractivity contribution in [1.29, 1.82) is 0 Å². The summed E-state index contributed by atoms with van der Waals surface area (Å²) >= 11 is 3.37. The van der Waals surface area contributed by atoms with Crippen LogP contribution in [0.4, 0.5) is 5.69 Å². The summed E-state index contributed by atoms with van der Waals surface area (Å²) in [5.74, 6) is -0.300. The van der Waals surface area contributed by atoms with E-state index in [1.54, 1.807) is 25.1 Å². The highest BCUT2D eigenvalue weighted by Crippen LogP contribution is 2.23. The molecule has 2 N–H and O–H groups in total. The van der Waals surface area contributed by atoms with Crippen LogP contribution in [0.2, 0.25) is 0 Å². The van der Waals surface area contributed by atoms with Gasteiger partial charge in [-0.25, -0.2) is 13.1 Å². The van der Waals surface area contributed by atoms with E-state index in [2.05, 4.69) is 26.0 Å². The lowest BCUT2D eigenvalue weighted by Crippen LogP contribution is -2.21. The Bertz CT molecular complexity index is 873. The van der Waals surface area contributed by atoms with E-state index in [9.17, 15) is 13.2 Å². The molecule has 1 aromatic carbocycles. The molecule has 1 heterocycles. The second kappa shape index (κ2) is 7.08. The molecule has 0 saturated carbocycles. The maximum absolute atomic E-state index is 12.6. The molecule has 2 aromatic rings. The van der Waals surface area contributed by atoms with Crippen molar-refractivity contribution in [3.63, 3.8) is 0 Å². The maximum atomic E-state index is 12.6. The van der Waals surface area contributed by atoms with E-state index in [0.29, 0.717) is 16.9 Å². The Morgan fingerprint density at radius 2 is 1.92 bits per heavy atom. The third-order valence-electron chi connectivity index (χ3n) is 3.61. The smallest absolute Gasteiger partial charge is 0.272 e. The quantitative estimate of drug-likeness (QED) is 0.788. The Morgan fingerprint density at radius 1 is 1.25 bits per heavy atom. The van der Waals surface area contributed by atoms with E-state index < -0.39 is 10.0 Å². The Balaban J connectivity index is 2.36. The van der Waals surface area contributed by atoms with Gasteiger partial charge in [-0.1, -0.05) is 6.07 Å². The maximum Gasteiger partial charge on any atom is 0.272 e. The highest BCUT2D eigenvalue weighted by molar-refractivity contribution is 9.10. The average molecular weight is 414 g/mol. The van der Waals surface area contributed by atoms with Crippen molar-refractivity contribution in [2.45, 2.75) is 31.7 Å². The lowest BCUT2D eigenvalue weighted by molar-refractivity contribution is 0.101. The van der Waals surface area contributed by atoms with Gasteiger partial charge in [0.2, 0.25) is 10.0 Å². The summed E-state index contributed by atoms with van der Waals surface area (Å²) in [4.78, 5) is 12.7. The minimum absolute atomic E-state index is 0.121. The van der Waals surface area contributed by atoms with Crippen molar-refractivity contribution in [2.75, 3.05) is 12.4 Å². The highest BCUT2D eigenvalue weighted by atomic mass is 79.9. The topological polar surface area (TPSA) is 80.2 Å². The normalized spacial score (nSPS) is 11.8. The number of carbonyl (C=O) groups excluding carboxylic acids is 1. The molecule has 0 spiro atoms. The molecule has 0 atom stereocenters. The van der Waals surface area contributed by atoms with E-state index in [-0.39, 0.29) is 16.8 Å². The number of benzene rings is 1. The zero-order chi connectivity index (χ0) is 18.1. The number of hydrogen-bond acceptors (Lipinski definition) is 3. The molecule has 1 amide bonds. The van der Waals surface area contributed by atoms with Crippen molar-refractivity contribution < 1.29 is 13.2 Å². The molecule has 0 unspecified atom stereocenters. The molecule has 0 saturated heterocycles. The van der Waals surface area contributed by atoms with Gasteiger partial charge in [0.05, 0.1) is 4.90 Å². The van der Waals surface area contributed by atoms with Gasteiger partial charge in [-0.2, -0.15) is 0 Å². The molecular weight excluding hydrogens is 394 g/mol. The second-order valence-electron chi connectivity index (χ2n) is 5.69. The first-order chi connectivity index (χ1) is 11.2. The minimum Gasteiger partial charge on any atom is -0.340 e. The van der Waals surface area contributed by atoms with Crippen LogP contribution < -0.4 is 10.0 Å². The van der Waals surface area contributed by atoms with Gasteiger partial charge in [0.15, 0.2) is 0 Å². The average Bonchev–Trinajstić information content (AvgIpc) is 2.91. The lowest BCUT2D eigenvalue weighted by Gasteiger charge is -2.14. The summed E-state index contributed by atoms with van der Waals surface area (Å²) in [6, 6.07) is 6.65. The largest absolute Gasteiger partial charge is 0.340 e. The van der Waals surface area contributed by atoms with Gasteiger partial charge >= 0.3 is 0 Å². The Morgan fingerprint density at radius 3 is 2.50 bits per heavy atom. The van der Waals surface area contributed by atoms with Crippen LogP contribution in [-0.4, -0.2) is 25.9 Å². The van der Waals surface area contributed by atoms with Crippen molar-refractivity contribution in [2.24, 2.45) is 0 Å². The van der Waals surface area contributed by atoms with Crippen LogP contribution in [0, 0.1) is 6.92 Å². The highest BCUT2D eigenvalue weighted by Gasteiger charge is 2.18. The van der Waals surface area contributed by atoms with E-state index in [1.165, 1.54) is 13.1 Å². The fourth-order valence-corrected chi connectivity index (χ4v) is 3.76. The number of amides is 1. The number of hydrogen-bond donors (Lipinski definition) is 2. The zero-order valence-corrected chi connectivity index (χ0v) is 16.3. The summed E-state index contributed by atoms with van der Waals surface area (Å²) in [6.07, 6.45) is 1.84. The van der Waals surface area contributed by atoms with Gasteiger partial charge in [-0.05, 0) is 67.5 Å². The molecule has 1 aromatic heterocycles. The van der Waals surface area contributed by atoms with E-state index in [1.807, 2.05) is 24.6 Å². The van der Waals surface area contributed by atoms with Gasteiger partial charge in [0.25, 0.3) is 5.91 Å². The molecule has 24 heavy (non-hydrogen) atoms. The molecule has 6 nitrogen and oxygen atoms in total. The summed E-state index contributed by atoms with van der Waals surface area (Å²) in [6.45, 7) is 5.66. The molecule has 0 radical (unpaired) electrons. The number of aromatic nitrogens is 1. The van der Waals surface area contributed by atoms with Crippen LogP contribution in [-0.2, 0) is 10.0 Å². The molecule has 8 heteroatoms. The number of anilines is 1. The molecule has 0 fully saturated rings. The first-order valence-electron chi connectivity index (χ1n) is 7.38. The van der Waals surface area contributed by atoms with Crippen LogP contribution in [0.3, 0.4) is 0 Å². The summed E-state index contributed by atoms with van der Waals surface area (Å²) in [7, 11) is -2.23. The Kier molecular flexibility index (Phi) is 5.52. The van der Waals surface area contributed by atoms with Crippen LogP contribution >= 0.6 is 15.9 Å². The number of nitrogens with one attached hydrogen (secondary N) is 2. The molecule has 2 rings (SSSR count). The summed E-state index contributed by atoms with van der Waals surface area (Å²) in [5, 5.41) is 2.76. The van der Waals surface area contributed by atoms with Gasteiger partial charge in [0.1, 0.15) is 5.69 Å². The Labute approximate surface area is 150 Å². The van der Waals surface area contributed by atoms with Gasteiger partial charge < -0.3 is 9.88 Å². The van der Waals surface area contributed by atoms with Gasteiger partial charge in [0, 0.05) is 22.4 Å². The van der Waals surface area contributed by atoms with Crippen molar-refractivity contribution >= 4 is 37.5 Å². The zero-order valence-electron chi connectivity index (χ0n) is 13.9. The monoisotopic (exact) mass is 413 g/mol. The minimum atomic E-state index is -3.58. The number of aryl methyl sites for hydroxylation is 1. The number of carbonyl (C=O) groups is 1. The lowest BCUT2D eigenvalue weighted by atomic mass is 10.2. The van der Waals surface area contributed by atoms with Gasteiger partial charge in [-0.15, -0.1) is 0 Å². The Hall–Kier alpha value is -1.64. The molecule has 0 bridgehead atoms.